The number of benzene rings is 1. The molecule has 1 aromatic rings. The number of amides is 1. The van der Waals surface area contributed by atoms with Crippen LogP contribution in [0.1, 0.15) is 95.0 Å². The van der Waals surface area contributed by atoms with Gasteiger partial charge in [0.05, 0.1) is 10.6 Å². The van der Waals surface area contributed by atoms with E-state index in [1.54, 1.807) is 0 Å². The Morgan fingerprint density at radius 1 is 1.16 bits per heavy atom. The zero-order valence-electron chi connectivity index (χ0n) is 20.6. The number of rotatable bonds is 8. The highest BCUT2D eigenvalue weighted by Gasteiger charge is 2.47. The molecule has 4 bridgehead atoms. The Balaban J connectivity index is 1.32. The molecule has 2 N–H and O–H groups in total. The van der Waals surface area contributed by atoms with Crippen molar-refractivity contribution < 1.29 is 4.79 Å². The first kappa shape index (κ1) is 24.1. The van der Waals surface area contributed by atoms with Crippen molar-refractivity contribution in [2.24, 2.45) is 28.6 Å². The molecule has 0 radical (unpaired) electrons. The predicted octanol–water partition coefficient (Wildman–Crippen LogP) is 6.63. The second-order valence-corrected chi connectivity index (χ2v) is 12.8. The standard InChI is InChI=1S/C28H43ClN2O/c1-19(27(2,3)4)30-11-5-6-20-7-8-25(29)24(15-20)26(32)31-18-28-10-9-21-12-22(16-28)14-23(13-21)17-28/h7-8,15,19,21-23,30H,5-6,9-14,16-18H2,1-4H3,(H,31,32). The summed E-state index contributed by atoms with van der Waals surface area (Å²) in [6, 6.07) is 6.44. The van der Waals surface area contributed by atoms with Crippen molar-refractivity contribution in [3.8, 4) is 0 Å². The van der Waals surface area contributed by atoms with E-state index in [2.05, 4.69) is 44.4 Å². The summed E-state index contributed by atoms with van der Waals surface area (Å²) in [7, 11) is 0. The molecule has 4 saturated carbocycles. The number of halogens is 1. The summed E-state index contributed by atoms with van der Waals surface area (Å²) in [5, 5.41) is 7.50. The van der Waals surface area contributed by atoms with Crippen LogP contribution < -0.4 is 10.6 Å². The first-order valence-electron chi connectivity index (χ1n) is 12.9. The van der Waals surface area contributed by atoms with Crippen LogP contribution >= 0.6 is 11.6 Å². The van der Waals surface area contributed by atoms with Crippen molar-refractivity contribution >= 4 is 17.5 Å². The summed E-state index contributed by atoms with van der Waals surface area (Å²) < 4.78 is 0. The van der Waals surface area contributed by atoms with Gasteiger partial charge >= 0.3 is 0 Å². The van der Waals surface area contributed by atoms with Gasteiger partial charge in [0.1, 0.15) is 0 Å². The lowest BCUT2D eigenvalue weighted by Gasteiger charge is -2.45. The molecule has 4 heteroatoms. The van der Waals surface area contributed by atoms with E-state index in [0.29, 0.717) is 22.0 Å². The molecule has 3 atom stereocenters. The highest BCUT2D eigenvalue weighted by Crippen LogP contribution is 2.56. The van der Waals surface area contributed by atoms with Gasteiger partial charge in [0.2, 0.25) is 0 Å². The van der Waals surface area contributed by atoms with Crippen LogP contribution in [0.15, 0.2) is 18.2 Å². The number of carbonyl (C=O) groups is 1. The van der Waals surface area contributed by atoms with E-state index in [1.165, 1.54) is 50.5 Å². The maximum Gasteiger partial charge on any atom is 0.252 e. The Bertz CT molecular complexity index is 800. The summed E-state index contributed by atoms with van der Waals surface area (Å²) in [5.41, 5.74) is 2.42. The highest BCUT2D eigenvalue weighted by atomic mass is 35.5. The number of hydrogen-bond acceptors (Lipinski definition) is 2. The fourth-order valence-electron chi connectivity index (χ4n) is 6.71. The zero-order valence-corrected chi connectivity index (χ0v) is 21.4. The fraction of sp³-hybridized carbons (Fsp3) is 0.750. The number of fused-ring (bicyclic) bond motifs is 1. The van der Waals surface area contributed by atoms with Gasteiger partial charge in [-0.25, -0.2) is 0 Å². The number of nitrogens with one attached hydrogen (secondary N) is 2. The molecule has 0 heterocycles. The molecule has 178 valence electrons. The monoisotopic (exact) mass is 458 g/mol. The minimum atomic E-state index is 0.00409. The smallest absolute Gasteiger partial charge is 0.252 e. The van der Waals surface area contributed by atoms with Gasteiger partial charge in [-0.3, -0.25) is 4.79 Å². The third kappa shape index (κ3) is 5.70. The summed E-state index contributed by atoms with van der Waals surface area (Å²) in [6.45, 7) is 10.8. The van der Waals surface area contributed by atoms with Gasteiger partial charge in [0, 0.05) is 12.6 Å². The van der Waals surface area contributed by atoms with Crippen molar-refractivity contribution in [2.75, 3.05) is 13.1 Å². The quantitative estimate of drug-likeness (QED) is 0.429. The molecule has 3 unspecified atom stereocenters. The van der Waals surface area contributed by atoms with Crippen LogP contribution in [-0.2, 0) is 6.42 Å². The van der Waals surface area contributed by atoms with Crippen LogP contribution in [0.2, 0.25) is 5.02 Å². The van der Waals surface area contributed by atoms with Gasteiger partial charge in [-0.1, -0.05) is 38.4 Å². The Kier molecular flexibility index (Phi) is 7.27. The SMILES string of the molecule is CC(NCCCc1ccc(Cl)c(C(=O)NCC23CCC4CC(CC(C4)C2)C3)c1)C(C)(C)C. The Morgan fingerprint density at radius 2 is 1.84 bits per heavy atom. The number of aryl methyl sites for hydroxylation is 1. The first-order valence-corrected chi connectivity index (χ1v) is 13.3. The molecular formula is C28H43ClN2O. The third-order valence-corrected chi connectivity index (χ3v) is 9.15. The molecule has 3 nitrogen and oxygen atoms in total. The zero-order chi connectivity index (χ0) is 22.9. The minimum absolute atomic E-state index is 0.00409. The van der Waals surface area contributed by atoms with E-state index in [4.69, 9.17) is 11.6 Å². The van der Waals surface area contributed by atoms with Crippen LogP contribution in [0, 0.1) is 28.6 Å². The Hall–Kier alpha value is -1.06. The number of hydrogen-bond donors (Lipinski definition) is 2. The van der Waals surface area contributed by atoms with E-state index in [1.807, 2.05) is 12.1 Å². The first-order chi connectivity index (χ1) is 15.1. The average Bonchev–Trinajstić information content (AvgIpc) is 2.93. The van der Waals surface area contributed by atoms with Crippen LogP contribution in [0.3, 0.4) is 0 Å². The lowest BCUT2D eigenvalue weighted by Crippen LogP contribution is -2.42. The molecule has 1 aromatic carbocycles. The summed E-state index contributed by atoms with van der Waals surface area (Å²) >= 11 is 6.45. The molecule has 0 saturated heterocycles. The molecular weight excluding hydrogens is 416 g/mol. The van der Waals surface area contributed by atoms with Crippen LogP contribution in [0.4, 0.5) is 0 Å². The van der Waals surface area contributed by atoms with E-state index in [-0.39, 0.29) is 11.3 Å². The maximum atomic E-state index is 13.1. The van der Waals surface area contributed by atoms with E-state index >= 15 is 0 Å². The van der Waals surface area contributed by atoms with Crippen LogP contribution in [0.5, 0.6) is 0 Å². The molecule has 4 aliphatic carbocycles. The second-order valence-electron chi connectivity index (χ2n) is 12.4. The van der Waals surface area contributed by atoms with E-state index < -0.39 is 0 Å². The minimum Gasteiger partial charge on any atom is -0.351 e. The van der Waals surface area contributed by atoms with Crippen molar-refractivity contribution in [2.45, 2.75) is 91.5 Å². The maximum absolute atomic E-state index is 13.1. The molecule has 5 rings (SSSR count). The van der Waals surface area contributed by atoms with Gasteiger partial charge in [0.15, 0.2) is 0 Å². The lowest BCUT2D eigenvalue weighted by atomic mass is 9.61. The molecule has 32 heavy (non-hydrogen) atoms. The average molecular weight is 459 g/mol. The molecule has 1 amide bonds. The van der Waals surface area contributed by atoms with Crippen LogP contribution in [-0.4, -0.2) is 25.0 Å². The summed E-state index contributed by atoms with van der Waals surface area (Å²) in [4.78, 5) is 13.1. The molecule has 0 spiro atoms. The van der Waals surface area contributed by atoms with Gasteiger partial charge in [-0.05, 0) is 118 Å². The van der Waals surface area contributed by atoms with Crippen molar-refractivity contribution in [1.82, 2.24) is 10.6 Å². The van der Waals surface area contributed by atoms with Gasteiger partial charge in [-0.2, -0.15) is 0 Å². The molecule has 0 aliphatic heterocycles. The summed E-state index contributed by atoms with van der Waals surface area (Å²) in [5.74, 6) is 2.75. The number of carbonyl (C=O) groups excluding carboxylic acids is 1. The van der Waals surface area contributed by atoms with E-state index in [0.717, 1.165) is 43.7 Å². The van der Waals surface area contributed by atoms with E-state index in [9.17, 15) is 4.79 Å². The molecule has 4 aliphatic rings. The van der Waals surface area contributed by atoms with Gasteiger partial charge < -0.3 is 10.6 Å². The normalized spacial score (nSPS) is 30.2. The largest absolute Gasteiger partial charge is 0.351 e. The van der Waals surface area contributed by atoms with Crippen molar-refractivity contribution in [3.05, 3.63) is 34.3 Å². The van der Waals surface area contributed by atoms with Gasteiger partial charge in [0.25, 0.3) is 5.91 Å². The Labute approximate surface area is 200 Å². The highest BCUT2D eigenvalue weighted by molar-refractivity contribution is 6.33. The van der Waals surface area contributed by atoms with Gasteiger partial charge in [-0.15, -0.1) is 0 Å². The fourth-order valence-corrected chi connectivity index (χ4v) is 6.91. The van der Waals surface area contributed by atoms with Crippen molar-refractivity contribution in [1.29, 1.82) is 0 Å². The topological polar surface area (TPSA) is 41.1 Å². The predicted molar refractivity (Wildman–Crippen MR) is 134 cm³/mol. The van der Waals surface area contributed by atoms with Crippen molar-refractivity contribution in [3.63, 3.8) is 0 Å². The van der Waals surface area contributed by atoms with Crippen LogP contribution in [0.25, 0.3) is 0 Å². The summed E-state index contributed by atoms with van der Waals surface area (Å²) in [6.07, 6.45) is 11.6. The lowest BCUT2D eigenvalue weighted by molar-refractivity contribution is 0.0614. The molecule has 4 fully saturated rings. The molecule has 0 aromatic heterocycles. The Morgan fingerprint density at radius 3 is 2.53 bits per heavy atom. The second kappa shape index (κ2) is 9.66. The third-order valence-electron chi connectivity index (χ3n) is 8.82.